The predicted octanol–water partition coefficient (Wildman–Crippen LogP) is 22.1. The summed E-state index contributed by atoms with van der Waals surface area (Å²) in [5.74, 6) is 0. The van der Waals surface area contributed by atoms with Crippen molar-refractivity contribution in [3.05, 3.63) is 279 Å². The summed E-state index contributed by atoms with van der Waals surface area (Å²) in [6.45, 7) is 0. The third kappa shape index (κ3) is 6.12. The Balaban J connectivity index is 0.956. The molecule has 0 atom stereocenters. The van der Waals surface area contributed by atoms with Gasteiger partial charge in [-0.25, -0.2) is 0 Å². The lowest BCUT2D eigenvalue weighted by atomic mass is 9.89. The third-order valence-electron chi connectivity index (χ3n) is 17.9. The summed E-state index contributed by atoms with van der Waals surface area (Å²) in [4.78, 5) is 4.73. The van der Waals surface area contributed by atoms with Gasteiger partial charge in [-0.2, -0.15) is 0 Å². The largest absolute Gasteiger partial charge is 0.454 e. The number of nitrogens with zero attached hydrogens (tertiary/aromatic N) is 4. The van der Waals surface area contributed by atoms with Gasteiger partial charge in [0, 0.05) is 98.5 Å². The van der Waals surface area contributed by atoms with E-state index in [-0.39, 0.29) is 0 Å². The van der Waals surface area contributed by atoms with Gasteiger partial charge in [-0.15, -0.1) is 0 Å². The van der Waals surface area contributed by atoms with Crippen LogP contribution in [-0.2, 0) is 0 Å². The van der Waals surface area contributed by atoms with Gasteiger partial charge >= 0.3 is 0 Å². The van der Waals surface area contributed by atoms with Crippen LogP contribution < -0.4 is 9.80 Å². The molecule has 6 nitrogen and oxygen atoms in total. The van der Waals surface area contributed by atoms with Gasteiger partial charge in [-0.05, 0) is 83.9 Å². The van der Waals surface area contributed by atoms with Crippen molar-refractivity contribution in [1.82, 2.24) is 8.80 Å². The zero-order valence-corrected chi connectivity index (χ0v) is 45.2. The number of rotatable bonds is 8. The molecule has 84 heavy (non-hydrogen) atoms. The van der Waals surface area contributed by atoms with E-state index in [0.29, 0.717) is 0 Å². The van der Waals surface area contributed by atoms with Crippen molar-refractivity contribution in [2.24, 2.45) is 0 Å². The quantitative estimate of drug-likeness (QED) is 0.152. The molecule has 0 radical (unpaired) electrons. The summed E-state index contributed by atoms with van der Waals surface area (Å²) in [5.41, 5.74) is 21.3. The molecule has 0 saturated heterocycles. The van der Waals surface area contributed by atoms with E-state index in [1.807, 2.05) is 12.1 Å². The van der Waals surface area contributed by atoms with Crippen LogP contribution in [0, 0.1) is 0 Å². The van der Waals surface area contributed by atoms with Crippen molar-refractivity contribution in [3.8, 4) is 22.3 Å². The van der Waals surface area contributed by atoms with Gasteiger partial charge in [0.1, 0.15) is 11.2 Å². The zero-order valence-electron chi connectivity index (χ0n) is 45.2. The van der Waals surface area contributed by atoms with Crippen molar-refractivity contribution >= 4 is 154 Å². The molecule has 0 fully saturated rings. The molecule has 0 aliphatic rings. The van der Waals surface area contributed by atoms with Crippen LogP contribution in [0.15, 0.2) is 288 Å². The topological polar surface area (TPSA) is 41.6 Å². The van der Waals surface area contributed by atoms with Crippen molar-refractivity contribution in [1.29, 1.82) is 0 Å². The molecule has 6 aromatic heterocycles. The van der Waals surface area contributed by atoms with E-state index in [4.69, 9.17) is 8.83 Å². The molecular weight excluding hydrogens is 1020 g/mol. The fourth-order valence-electron chi connectivity index (χ4n) is 14.5. The Bertz CT molecular complexity index is 5490. The van der Waals surface area contributed by atoms with E-state index < -0.39 is 0 Å². The first kappa shape index (κ1) is 45.4. The minimum atomic E-state index is 0.851. The van der Waals surface area contributed by atoms with Crippen molar-refractivity contribution in [2.75, 3.05) is 9.80 Å². The van der Waals surface area contributed by atoms with E-state index in [1.165, 1.54) is 76.3 Å². The highest BCUT2D eigenvalue weighted by Gasteiger charge is 2.32. The number of furan rings is 2. The van der Waals surface area contributed by atoms with E-state index in [0.717, 1.165) is 100 Å². The lowest BCUT2D eigenvalue weighted by Gasteiger charge is -2.25. The molecule has 6 heterocycles. The summed E-state index contributed by atoms with van der Waals surface area (Å²) < 4.78 is 18.8. The van der Waals surface area contributed by atoms with Crippen LogP contribution in [0.1, 0.15) is 0 Å². The molecule has 0 N–H and O–H groups in total. The van der Waals surface area contributed by atoms with Gasteiger partial charge in [-0.1, -0.05) is 206 Å². The van der Waals surface area contributed by atoms with Gasteiger partial charge in [0.15, 0.2) is 11.2 Å². The predicted molar refractivity (Wildman–Crippen MR) is 351 cm³/mol. The van der Waals surface area contributed by atoms with E-state index in [1.54, 1.807) is 0 Å². The average molecular weight is 1070 g/mol. The first-order valence-corrected chi connectivity index (χ1v) is 28.7. The van der Waals surface area contributed by atoms with Gasteiger partial charge < -0.3 is 27.4 Å². The lowest BCUT2D eigenvalue weighted by molar-refractivity contribution is 0.668. The molecule has 19 rings (SSSR count). The Labute approximate surface area is 480 Å². The summed E-state index contributed by atoms with van der Waals surface area (Å²) in [7, 11) is 0. The Morgan fingerprint density at radius 1 is 0.250 bits per heavy atom. The normalized spacial score (nSPS) is 12.3. The molecule has 13 aromatic carbocycles. The summed E-state index contributed by atoms with van der Waals surface area (Å²) >= 11 is 0. The number of para-hydroxylation sites is 8. The van der Waals surface area contributed by atoms with Crippen LogP contribution in [0.3, 0.4) is 0 Å². The Hall–Kier alpha value is -11.3. The van der Waals surface area contributed by atoms with Crippen molar-refractivity contribution < 1.29 is 8.83 Å². The Morgan fingerprint density at radius 3 is 1.05 bits per heavy atom. The van der Waals surface area contributed by atoms with Crippen LogP contribution in [-0.4, -0.2) is 8.80 Å². The maximum atomic E-state index is 6.81. The molecule has 0 bridgehead atoms. The molecule has 19 aromatic rings. The minimum Gasteiger partial charge on any atom is -0.454 e. The molecule has 0 amide bonds. The number of hydrogen-bond donors (Lipinski definition) is 0. The number of fused-ring (bicyclic) bond motifs is 18. The van der Waals surface area contributed by atoms with Crippen LogP contribution in [0.4, 0.5) is 34.1 Å². The van der Waals surface area contributed by atoms with Gasteiger partial charge in [0.2, 0.25) is 0 Å². The zero-order chi connectivity index (χ0) is 54.7. The van der Waals surface area contributed by atoms with Gasteiger partial charge in [0.05, 0.1) is 44.5 Å². The second-order valence-electron chi connectivity index (χ2n) is 22.3. The molecule has 0 aliphatic heterocycles. The first-order valence-electron chi connectivity index (χ1n) is 28.7. The standard InChI is InChI=1S/C78H46N4O2/c1-5-21-47(22-6-1)69-71-61-35-17-31-57-54-44-42-52(80(50-27-11-4-12-28-50)64-38-20-34-60-56-30-14-16-40-68(56)84-78(60)64)46-66(54)82(73(57)61)76(71)70(48-23-7-2-8-24-48)72-62-36-18-32-58-53-43-41-51(45-65(53)81(74(58)62)75(69)72)79(49-25-9-3-10-26-49)63-37-19-33-59-55-29-13-15-39-67(55)83-77(59)63/h1-46H. The molecule has 6 heteroatoms. The first-order chi connectivity index (χ1) is 41.7. The third-order valence-corrected chi connectivity index (χ3v) is 17.9. The highest BCUT2D eigenvalue weighted by Crippen LogP contribution is 2.55. The monoisotopic (exact) mass is 1070 g/mol. The van der Waals surface area contributed by atoms with Crippen LogP contribution >= 0.6 is 0 Å². The lowest BCUT2D eigenvalue weighted by Crippen LogP contribution is -2.10. The van der Waals surface area contributed by atoms with Gasteiger partial charge in [0.25, 0.3) is 0 Å². The summed E-state index contributed by atoms with van der Waals surface area (Å²) in [6.07, 6.45) is 0. The molecule has 0 saturated carbocycles. The highest BCUT2D eigenvalue weighted by molar-refractivity contribution is 6.38. The van der Waals surface area contributed by atoms with Crippen LogP contribution in [0.5, 0.6) is 0 Å². The van der Waals surface area contributed by atoms with E-state index >= 15 is 0 Å². The summed E-state index contributed by atoms with van der Waals surface area (Å²) in [6, 6.07) is 101. The maximum Gasteiger partial charge on any atom is 0.159 e. The number of aromatic nitrogens is 2. The number of hydrogen-bond acceptors (Lipinski definition) is 4. The molecule has 0 spiro atoms. The van der Waals surface area contributed by atoms with Crippen molar-refractivity contribution in [2.45, 2.75) is 0 Å². The van der Waals surface area contributed by atoms with E-state index in [2.05, 4.69) is 286 Å². The highest BCUT2D eigenvalue weighted by atomic mass is 16.3. The molecule has 0 aliphatic carbocycles. The molecule has 390 valence electrons. The van der Waals surface area contributed by atoms with Crippen molar-refractivity contribution in [3.63, 3.8) is 0 Å². The van der Waals surface area contributed by atoms with Crippen LogP contribution in [0.2, 0.25) is 0 Å². The number of benzene rings is 13. The smallest absolute Gasteiger partial charge is 0.159 e. The number of anilines is 6. The maximum absolute atomic E-state index is 6.81. The van der Waals surface area contributed by atoms with Gasteiger partial charge in [-0.3, -0.25) is 0 Å². The Morgan fingerprint density at radius 2 is 0.607 bits per heavy atom. The second kappa shape index (κ2) is 17.1. The van der Waals surface area contributed by atoms with Crippen LogP contribution in [0.25, 0.3) is 142 Å². The summed E-state index contributed by atoms with van der Waals surface area (Å²) in [5, 5.41) is 14.1. The molecular formula is C78H46N4O2. The molecule has 0 unspecified atom stereocenters. The minimum absolute atomic E-state index is 0.851. The Kier molecular flexibility index (Phi) is 9.24. The SMILES string of the molecule is c1ccc(-c2c3c4cccc5c6ccc(N(c7ccccc7)c7cccc8c7oc7ccccc78)cc6n(c3c(-c3ccccc3)c3c6cccc7c8ccc(N(c9ccccc9)c9cccc%10c9oc9ccccc9%10)cc8n(c23)c76)c54)cc1. The van der Waals surface area contributed by atoms with E-state index in [9.17, 15) is 0 Å². The average Bonchev–Trinajstić information content (AvgIpc) is 1.61. The fraction of sp³-hybridized carbons (Fsp3) is 0. The fourth-order valence-corrected chi connectivity index (χ4v) is 14.5. The second-order valence-corrected chi connectivity index (χ2v) is 22.3.